The molecule has 0 fully saturated rings. The van der Waals surface area contributed by atoms with Gasteiger partial charge in [-0.1, -0.05) is 12.1 Å². The summed E-state index contributed by atoms with van der Waals surface area (Å²) in [5.41, 5.74) is 1.46. The Hall–Kier alpha value is -2.28. The molecule has 1 aromatic carbocycles. The van der Waals surface area contributed by atoms with Crippen molar-refractivity contribution in [2.75, 3.05) is 0 Å². The van der Waals surface area contributed by atoms with Crippen molar-refractivity contribution < 1.29 is 10.0 Å². The van der Waals surface area contributed by atoms with Crippen molar-refractivity contribution in [3.05, 3.63) is 51.6 Å². The van der Waals surface area contributed by atoms with Gasteiger partial charge in [-0.3, -0.25) is 10.1 Å². The summed E-state index contributed by atoms with van der Waals surface area (Å²) in [6, 6.07) is 4.90. The largest absolute Gasteiger partial charge is 0.388 e. The highest BCUT2D eigenvalue weighted by atomic mass is 16.6. The molecule has 0 bridgehead atoms. The van der Waals surface area contributed by atoms with Crippen LogP contribution < -0.4 is 0 Å². The third-order valence-corrected chi connectivity index (χ3v) is 2.77. The summed E-state index contributed by atoms with van der Waals surface area (Å²) in [6.45, 7) is 1.83. The first-order chi connectivity index (χ1) is 8.63. The van der Waals surface area contributed by atoms with Gasteiger partial charge in [0.15, 0.2) is 5.82 Å². The molecule has 0 aliphatic heterocycles. The molecule has 94 valence electrons. The van der Waals surface area contributed by atoms with E-state index in [1.807, 2.05) is 0 Å². The number of aromatic nitrogens is 3. The van der Waals surface area contributed by atoms with Gasteiger partial charge < -0.3 is 5.11 Å². The van der Waals surface area contributed by atoms with E-state index in [0.717, 1.165) is 5.56 Å². The zero-order valence-electron chi connectivity index (χ0n) is 9.78. The number of nitrogens with zero attached hydrogens (tertiary/aromatic N) is 4. The van der Waals surface area contributed by atoms with E-state index in [9.17, 15) is 10.1 Å². The van der Waals surface area contributed by atoms with E-state index >= 15 is 0 Å². The van der Waals surface area contributed by atoms with Crippen molar-refractivity contribution in [1.29, 1.82) is 0 Å². The molecular weight excluding hydrogens is 236 g/mol. The fourth-order valence-electron chi connectivity index (χ4n) is 1.74. The fourth-order valence-corrected chi connectivity index (χ4v) is 1.74. The van der Waals surface area contributed by atoms with Crippen molar-refractivity contribution in [2.45, 2.75) is 20.1 Å². The van der Waals surface area contributed by atoms with E-state index in [1.165, 1.54) is 17.1 Å². The molecule has 0 aliphatic carbocycles. The maximum Gasteiger partial charge on any atom is 0.272 e. The van der Waals surface area contributed by atoms with Crippen LogP contribution in [0.4, 0.5) is 5.69 Å². The molecule has 0 unspecified atom stereocenters. The lowest BCUT2D eigenvalue weighted by Gasteiger charge is -2.07. The first kappa shape index (κ1) is 12.2. The second-order valence-corrected chi connectivity index (χ2v) is 3.81. The molecule has 2 rings (SSSR count). The van der Waals surface area contributed by atoms with Gasteiger partial charge >= 0.3 is 0 Å². The van der Waals surface area contributed by atoms with E-state index in [2.05, 4.69) is 10.1 Å². The number of aliphatic hydroxyl groups is 1. The average molecular weight is 248 g/mol. The summed E-state index contributed by atoms with van der Waals surface area (Å²) in [4.78, 5) is 14.3. The lowest BCUT2D eigenvalue weighted by atomic mass is 10.1. The minimum Gasteiger partial charge on any atom is -0.388 e. The van der Waals surface area contributed by atoms with Crippen LogP contribution in [0.5, 0.6) is 0 Å². The molecular formula is C11H12N4O3. The van der Waals surface area contributed by atoms with Gasteiger partial charge in [0.2, 0.25) is 0 Å². The van der Waals surface area contributed by atoms with Crippen molar-refractivity contribution in [2.24, 2.45) is 0 Å². The molecule has 0 atom stereocenters. The van der Waals surface area contributed by atoms with Gasteiger partial charge in [-0.25, -0.2) is 9.67 Å². The Bertz CT molecular complexity index is 579. The summed E-state index contributed by atoms with van der Waals surface area (Å²) >= 11 is 0. The second kappa shape index (κ2) is 4.92. The van der Waals surface area contributed by atoms with Gasteiger partial charge in [-0.15, -0.1) is 0 Å². The fraction of sp³-hybridized carbons (Fsp3) is 0.273. The Morgan fingerprint density at radius 3 is 2.94 bits per heavy atom. The van der Waals surface area contributed by atoms with E-state index in [4.69, 9.17) is 5.11 Å². The zero-order chi connectivity index (χ0) is 13.1. The van der Waals surface area contributed by atoms with Gasteiger partial charge in [-0.2, -0.15) is 5.10 Å². The molecule has 1 heterocycles. The molecule has 0 spiro atoms. The normalized spacial score (nSPS) is 10.6. The van der Waals surface area contributed by atoms with E-state index < -0.39 is 4.92 Å². The smallest absolute Gasteiger partial charge is 0.272 e. The first-order valence-corrected chi connectivity index (χ1v) is 5.34. The lowest BCUT2D eigenvalue weighted by molar-refractivity contribution is -0.385. The average Bonchev–Trinajstić information content (AvgIpc) is 2.78. The Morgan fingerprint density at radius 2 is 2.28 bits per heavy atom. The van der Waals surface area contributed by atoms with Crippen LogP contribution in [0.15, 0.2) is 24.5 Å². The Kier molecular flexibility index (Phi) is 3.33. The third-order valence-electron chi connectivity index (χ3n) is 2.77. The highest BCUT2D eigenvalue weighted by molar-refractivity contribution is 5.44. The number of nitro benzene ring substituents is 1. The van der Waals surface area contributed by atoms with E-state index in [-0.39, 0.29) is 12.3 Å². The van der Waals surface area contributed by atoms with Crippen LogP contribution in [0, 0.1) is 17.0 Å². The number of rotatable bonds is 4. The van der Waals surface area contributed by atoms with Crippen LogP contribution in [-0.2, 0) is 13.2 Å². The highest BCUT2D eigenvalue weighted by Gasteiger charge is 2.14. The summed E-state index contributed by atoms with van der Waals surface area (Å²) in [5.74, 6) is 0.431. The third kappa shape index (κ3) is 2.21. The molecule has 0 radical (unpaired) electrons. The topological polar surface area (TPSA) is 94.1 Å². The van der Waals surface area contributed by atoms with Gasteiger partial charge in [-0.05, 0) is 12.5 Å². The minimum absolute atomic E-state index is 0.0816. The molecule has 0 saturated carbocycles. The molecule has 1 aromatic heterocycles. The Labute approximate surface area is 103 Å². The van der Waals surface area contributed by atoms with Gasteiger partial charge in [0, 0.05) is 11.6 Å². The molecule has 0 aliphatic rings. The van der Waals surface area contributed by atoms with E-state index in [0.29, 0.717) is 17.9 Å². The van der Waals surface area contributed by atoms with Crippen LogP contribution in [0.1, 0.15) is 17.0 Å². The number of hydrogen-bond donors (Lipinski definition) is 1. The number of benzene rings is 1. The summed E-state index contributed by atoms with van der Waals surface area (Å²) in [6.07, 6.45) is 1.35. The Balaban J connectivity index is 2.35. The van der Waals surface area contributed by atoms with Crippen LogP contribution in [0.25, 0.3) is 0 Å². The van der Waals surface area contributed by atoms with Gasteiger partial charge in [0.1, 0.15) is 12.9 Å². The monoisotopic (exact) mass is 248 g/mol. The maximum absolute atomic E-state index is 10.8. The molecule has 1 N–H and O–H groups in total. The van der Waals surface area contributed by atoms with Crippen molar-refractivity contribution in [3.8, 4) is 0 Å². The summed E-state index contributed by atoms with van der Waals surface area (Å²) in [7, 11) is 0. The number of hydrogen-bond acceptors (Lipinski definition) is 5. The quantitative estimate of drug-likeness (QED) is 0.644. The molecule has 7 heteroatoms. The number of aliphatic hydroxyl groups excluding tert-OH is 1. The van der Waals surface area contributed by atoms with Crippen molar-refractivity contribution >= 4 is 5.69 Å². The summed E-state index contributed by atoms with van der Waals surface area (Å²) in [5, 5.41) is 23.9. The van der Waals surface area contributed by atoms with Crippen LogP contribution in [0.2, 0.25) is 0 Å². The van der Waals surface area contributed by atoms with Crippen LogP contribution in [-0.4, -0.2) is 24.8 Å². The first-order valence-electron chi connectivity index (χ1n) is 5.34. The number of nitro groups is 1. The van der Waals surface area contributed by atoms with Gasteiger partial charge in [0.05, 0.1) is 11.5 Å². The van der Waals surface area contributed by atoms with Crippen molar-refractivity contribution in [1.82, 2.24) is 14.8 Å². The van der Waals surface area contributed by atoms with Crippen LogP contribution >= 0.6 is 0 Å². The lowest BCUT2D eigenvalue weighted by Crippen LogP contribution is -2.08. The minimum atomic E-state index is -0.410. The molecule has 7 nitrogen and oxygen atoms in total. The van der Waals surface area contributed by atoms with Crippen molar-refractivity contribution in [3.63, 3.8) is 0 Å². The molecule has 0 saturated heterocycles. The SMILES string of the molecule is Cc1c(Cn2ncnc2CO)cccc1[N+](=O)[O-]. The van der Waals surface area contributed by atoms with Gasteiger partial charge in [0.25, 0.3) is 5.69 Å². The Morgan fingerprint density at radius 1 is 1.50 bits per heavy atom. The zero-order valence-corrected chi connectivity index (χ0v) is 9.78. The predicted octanol–water partition coefficient (Wildman–Crippen LogP) is 1.04. The van der Waals surface area contributed by atoms with E-state index in [1.54, 1.807) is 19.1 Å². The molecule has 18 heavy (non-hydrogen) atoms. The standard InChI is InChI=1S/C11H12N4O3/c1-8-9(3-2-4-10(8)15(17)18)5-14-11(6-16)12-7-13-14/h2-4,7,16H,5-6H2,1H3. The van der Waals surface area contributed by atoms with Crippen LogP contribution in [0.3, 0.4) is 0 Å². The molecule has 0 amide bonds. The summed E-state index contributed by atoms with van der Waals surface area (Å²) < 4.78 is 1.52. The second-order valence-electron chi connectivity index (χ2n) is 3.81. The predicted molar refractivity (Wildman–Crippen MR) is 62.9 cm³/mol. The molecule has 2 aromatic rings. The highest BCUT2D eigenvalue weighted by Crippen LogP contribution is 2.21. The maximum atomic E-state index is 10.8.